The maximum Gasteiger partial charge on any atom is 0.352 e. The van der Waals surface area contributed by atoms with E-state index >= 15 is 0 Å². The van der Waals surface area contributed by atoms with Crippen molar-refractivity contribution in [3.8, 4) is 0 Å². The monoisotopic (exact) mass is 346 g/mol. The van der Waals surface area contributed by atoms with Crippen LogP contribution in [0.25, 0.3) is 10.9 Å². The molecule has 1 aromatic heterocycles. The second-order valence-corrected chi connectivity index (χ2v) is 5.64. The maximum atomic E-state index is 12.9. The van der Waals surface area contributed by atoms with Crippen molar-refractivity contribution in [2.24, 2.45) is 0 Å². The summed E-state index contributed by atoms with van der Waals surface area (Å²) in [5.74, 6) is -1.98. The van der Waals surface area contributed by atoms with Gasteiger partial charge in [0.1, 0.15) is 11.5 Å². The molecular formula is C17H12ClFN2O3. The van der Waals surface area contributed by atoms with Crippen molar-refractivity contribution in [2.75, 3.05) is 5.32 Å². The molecule has 0 aliphatic heterocycles. The number of carboxylic acid groups (broad SMARTS) is 1. The van der Waals surface area contributed by atoms with Crippen LogP contribution in [0, 0.1) is 5.82 Å². The zero-order chi connectivity index (χ0) is 17.3. The zero-order valence-corrected chi connectivity index (χ0v) is 13.0. The Bertz CT molecular complexity index is 935. The minimum Gasteiger partial charge on any atom is -0.477 e. The fourth-order valence-electron chi connectivity index (χ4n) is 2.49. The highest BCUT2D eigenvalue weighted by atomic mass is 35.5. The Morgan fingerprint density at radius 1 is 1.17 bits per heavy atom. The lowest BCUT2D eigenvalue weighted by Crippen LogP contribution is -2.16. The lowest BCUT2D eigenvalue weighted by Gasteiger charge is -2.06. The van der Waals surface area contributed by atoms with Crippen molar-refractivity contribution >= 4 is 40.1 Å². The van der Waals surface area contributed by atoms with Crippen molar-refractivity contribution in [1.82, 2.24) is 4.98 Å². The van der Waals surface area contributed by atoms with Crippen molar-refractivity contribution in [3.05, 3.63) is 64.6 Å². The summed E-state index contributed by atoms with van der Waals surface area (Å²) < 4.78 is 12.9. The van der Waals surface area contributed by atoms with E-state index in [9.17, 15) is 19.1 Å². The number of hydrogen-bond acceptors (Lipinski definition) is 2. The van der Waals surface area contributed by atoms with Crippen molar-refractivity contribution in [2.45, 2.75) is 6.42 Å². The minimum atomic E-state index is -1.16. The molecule has 122 valence electrons. The molecule has 0 atom stereocenters. The molecule has 2 aromatic carbocycles. The lowest BCUT2D eigenvalue weighted by molar-refractivity contribution is -0.115. The highest BCUT2D eigenvalue weighted by Gasteiger charge is 2.19. The fraction of sp³-hybridized carbons (Fsp3) is 0.0588. The topological polar surface area (TPSA) is 82.2 Å². The van der Waals surface area contributed by atoms with E-state index in [0.29, 0.717) is 27.2 Å². The van der Waals surface area contributed by atoms with Gasteiger partial charge in [0.15, 0.2) is 0 Å². The number of aromatic carboxylic acids is 1. The molecular weight excluding hydrogens is 335 g/mol. The second-order valence-electron chi connectivity index (χ2n) is 5.21. The Hall–Kier alpha value is -2.86. The van der Waals surface area contributed by atoms with Crippen LogP contribution in [-0.4, -0.2) is 22.0 Å². The summed E-state index contributed by atoms with van der Waals surface area (Å²) in [6.45, 7) is 0. The Balaban J connectivity index is 1.91. The molecule has 0 fully saturated rings. The molecule has 5 nitrogen and oxygen atoms in total. The van der Waals surface area contributed by atoms with Gasteiger partial charge >= 0.3 is 5.97 Å². The van der Waals surface area contributed by atoms with Gasteiger partial charge in [0.2, 0.25) is 5.91 Å². The molecule has 24 heavy (non-hydrogen) atoms. The van der Waals surface area contributed by atoms with Crippen LogP contribution in [0.3, 0.4) is 0 Å². The lowest BCUT2D eigenvalue weighted by atomic mass is 10.1. The Morgan fingerprint density at radius 3 is 2.54 bits per heavy atom. The summed E-state index contributed by atoms with van der Waals surface area (Å²) in [4.78, 5) is 26.4. The number of rotatable bonds is 4. The van der Waals surface area contributed by atoms with Crippen LogP contribution in [0.15, 0.2) is 42.5 Å². The molecule has 0 aliphatic rings. The average Bonchev–Trinajstić information content (AvgIpc) is 2.88. The van der Waals surface area contributed by atoms with Gasteiger partial charge in [-0.2, -0.15) is 0 Å². The van der Waals surface area contributed by atoms with Crippen LogP contribution in [0.1, 0.15) is 16.1 Å². The van der Waals surface area contributed by atoms with Crippen LogP contribution in [-0.2, 0) is 11.2 Å². The first kappa shape index (κ1) is 16.0. The Morgan fingerprint density at radius 2 is 1.88 bits per heavy atom. The van der Waals surface area contributed by atoms with E-state index < -0.39 is 17.7 Å². The summed E-state index contributed by atoms with van der Waals surface area (Å²) in [7, 11) is 0. The van der Waals surface area contributed by atoms with E-state index in [4.69, 9.17) is 11.6 Å². The van der Waals surface area contributed by atoms with Crippen molar-refractivity contribution < 1.29 is 19.1 Å². The van der Waals surface area contributed by atoms with E-state index in [1.54, 1.807) is 18.2 Å². The predicted molar refractivity (Wildman–Crippen MR) is 89.0 cm³/mol. The zero-order valence-electron chi connectivity index (χ0n) is 12.3. The maximum absolute atomic E-state index is 12.9. The van der Waals surface area contributed by atoms with E-state index in [2.05, 4.69) is 10.3 Å². The largest absolute Gasteiger partial charge is 0.477 e. The highest BCUT2D eigenvalue weighted by molar-refractivity contribution is 6.31. The Labute approximate surface area is 141 Å². The third kappa shape index (κ3) is 3.23. The van der Waals surface area contributed by atoms with Gasteiger partial charge in [0, 0.05) is 27.2 Å². The summed E-state index contributed by atoms with van der Waals surface area (Å²) in [6.07, 6.45) is -0.153. The first-order chi connectivity index (χ1) is 11.4. The number of aromatic amines is 1. The molecule has 0 bridgehead atoms. The van der Waals surface area contributed by atoms with Crippen LogP contribution < -0.4 is 5.32 Å². The average molecular weight is 347 g/mol. The molecule has 1 amide bonds. The normalized spacial score (nSPS) is 10.8. The van der Waals surface area contributed by atoms with Gasteiger partial charge in [0.25, 0.3) is 0 Å². The van der Waals surface area contributed by atoms with Gasteiger partial charge in [-0.05, 0) is 42.5 Å². The van der Waals surface area contributed by atoms with E-state index in [1.165, 1.54) is 24.3 Å². The number of fused-ring (bicyclic) bond motifs is 1. The van der Waals surface area contributed by atoms with Crippen LogP contribution in [0.5, 0.6) is 0 Å². The number of amides is 1. The van der Waals surface area contributed by atoms with Gasteiger partial charge in [-0.25, -0.2) is 9.18 Å². The van der Waals surface area contributed by atoms with Gasteiger partial charge in [-0.1, -0.05) is 11.6 Å². The molecule has 7 heteroatoms. The molecule has 0 saturated carbocycles. The second kappa shape index (κ2) is 6.33. The SMILES string of the molecule is O=C(Cc1c(C(=O)O)[nH]c2ccc(Cl)cc12)Nc1ccc(F)cc1. The number of carbonyl (C=O) groups is 2. The molecule has 0 radical (unpaired) electrons. The summed E-state index contributed by atoms with van der Waals surface area (Å²) in [5, 5.41) is 13.0. The molecule has 3 N–H and O–H groups in total. The number of hydrogen-bond donors (Lipinski definition) is 3. The quantitative estimate of drug-likeness (QED) is 0.671. The molecule has 0 unspecified atom stereocenters. The standard InChI is InChI=1S/C17H12ClFN2O3/c18-9-1-6-14-12(7-9)13(16(21-14)17(23)24)8-15(22)20-11-4-2-10(19)3-5-11/h1-7,21H,8H2,(H,20,22)(H,23,24). The van der Waals surface area contributed by atoms with Crippen LogP contribution in [0.2, 0.25) is 5.02 Å². The molecule has 3 aromatic rings. The number of halogens is 2. The number of nitrogens with one attached hydrogen (secondary N) is 2. The first-order valence-corrected chi connectivity index (χ1v) is 7.40. The molecule has 1 heterocycles. The van der Waals surface area contributed by atoms with Crippen molar-refractivity contribution in [3.63, 3.8) is 0 Å². The number of aromatic nitrogens is 1. The minimum absolute atomic E-state index is 0.0541. The molecule has 0 spiro atoms. The number of anilines is 1. The first-order valence-electron chi connectivity index (χ1n) is 7.03. The highest BCUT2D eigenvalue weighted by Crippen LogP contribution is 2.26. The predicted octanol–water partition coefficient (Wildman–Crippen LogP) is 3.84. The smallest absolute Gasteiger partial charge is 0.352 e. The van der Waals surface area contributed by atoms with Crippen LogP contribution in [0.4, 0.5) is 10.1 Å². The Kier molecular flexibility index (Phi) is 4.22. The van der Waals surface area contributed by atoms with Gasteiger partial charge < -0.3 is 15.4 Å². The fourth-order valence-corrected chi connectivity index (χ4v) is 2.66. The van der Waals surface area contributed by atoms with E-state index in [0.717, 1.165) is 0 Å². The third-order valence-corrected chi connectivity index (χ3v) is 3.78. The number of benzene rings is 2. The van der Waals surface area contributed by atoms with Gasteiger partial charge in [0.05, 0.1) is 6.42 Å². The van der Waals surface area contributed by atoms with E-state index in [-0.39, 0.29) is 12.1 Å². The molecule has 0 saturated heterocycles. The van der Waals surface area contributed by atoms with Crippen LogP contribution >= 0.6 is 11.6 Å². The number of H-pyrrole nitrogens is 1. The summed E-state index contributed by atoms with van der Waals surface area (Å²) in [5.41, 5.74) is 1.30. The van der Waals surface area contributed by atoms with Gasteiger partial charge in [-0.3, -0.25) is 4.79 Å². The number of carbonyl (C=O) groups excluding carboxylic acids is 1. The molecule has 3 rings (SSSR count). The van der Waals surface area contributed by atoms with Gasteiger partial charge in [-0.15, -0.1) is 0 Å². The number of carboxylic acids is 1. The summed E-state index contributed by atoms with van der Waals surface area (Å²) >= 11 is 5.96. The third-order valence-electron chi connectivity index (χ3n) is 3.55. The van der Waals surface area contributed by atoms with Crippen molar-refractivity contribution in [1.29, 1.82) is 0 Å². The van der Waals surface area contributed by atoms with E-state index in [1.807, 2.05) is 0 Å². The summed E-state index contributed by atoms with van der Waals surface area (Å²) in [6, 6.07) is 10.2. The molecule has 0 aliphatic carbocycles.